The second-order valence-electron chi connectivity index (χ2n) is 3.27. The van der Waals surface area contributed by atoms with Crippen molar-refractivity contribution in [2.24, 2.45) is 5.73 Å². The number of hydrogen-bond acceptors (Lipinski definition) is 4. The number of aromatic amines is 1. The summed E-state index contributed by atoms with van der Waals surface area (Å²) in [5.74, 6) is -1.00. The van der Waals surface area contributed by atoms with Crippen LogP contribution >= 0.6 is 0 Å². The van der Waals surface area contributed by atoms with Gasteiger partial charge in [0.1, 0.15) is 0 Å². The van der Waals surface area contributed by atoms with Gasteiger partial charge in [0.15, 0.2) is 6.10 Å². The van der Waals surface area contributed by atoms with Crippen molar-refractivity contribution in [2.45, 2.75) is 25.6 Å². The van der Waals surface area contributed by atoms with E-state index in [2.05, 4.69) is 9.97 Å². The first-order chi connectivity index (χ1) is 7.13. The van der Waals surface area contributed by atoms with Gasteiger partial charge in [-0.25, -0.2) is 9.78 Å². The summed E-state index contributed by atoms with van der Waals surface area (Å²) in [6, 6.07) is 0. The smallest absolute Gasteiger partial charge is 0.333 e. The van der Waals surface area contributed by atoms with E-state index in [-0.39, 0.29) is 12.5 Å². The molecule has 0 aliphatic heterocycles. The Kier molecular flexibility index (Phi) is 4.26. The zero-order valence-corrected chi connectivity index (χ0v) is 8.51. The minimum atomic E-state index is -1.00. The van der Waals surface area contributed by atoms with Gasteiger partial charge in [-0.05, 0) is 6.92 Å². The maximum absolute atomic E-state index is 10.9. The van der Waals surface area contributed by atoms with Gasteiger partial charge in [-0.3, -0.25) is 0 Å². The number of ether oxygens (including phenoxy) is 1. The lowest BCUT2D eigenvalue weighted by Crippen LogP contribution is -2.33. The highest BCUT2D eigenvalue weighted by Gasteiger charge is 2.21. The van der Waals surface area contributed by atoms with Crippen LogP contribution in [-0.4, -0.2) is 39.8 Å². The first-order valence-corrected chi connectivity index (χ1v) is 4.69. The Morgan fingerprint density at radius 3 is 3.00 bits per heavy atom. The first kappa shape index (κ1) is 11.7. The van der Waals surface area contributed by atoms with E-state index < -0.39 is 12.1 Å². The zero-order valence-electron chi connectivity index (χ0n) is 8.51. The minimum absolute atomic E-state index is 0.239. The molecule has 4 N–H and O–H groups in total. The predicted molar refractivity (Wildman–Crippen MR) is 53.3 cm³/mol. The molecule has 0 aromatic carbocycles. The van der Waals surface area contributed by atoms with Gasteiger partial charge in [-0.2, -0.15) is 0 Å². The average molecular weight is 213 g/mol. The number of carbonyl (C=O) groups is 1. The van der Waals surface area contributed by atoms with Gasteiger partial charge >= 0.3 is 5.97 Å². The normalized spacial score (nSPS) is 14.8. The Bertz CT molecular complexity index is 300. The molecule has 1 rings (SSSR count). The molecule has 6 heteroatoms. The van der Waals surface area contributed by atoms with Gasteiger partial charge < -0.3 is 20.6 Å². The molecular formula is C9H15N3O3. The number of nitrogens with two attached hydrogens (primary N) is 1. The van der Waals surface area contributed by atoms with Gasteiger partial charge in [0.05, 0.1) is 18.1 Å². The quantitative estimate of drug-likeness (QED) is 0.606. The zero-order chi connectivity index (χ0) is 11.3. The number of imidazole rings is 1. The molecule has 1 aromatic heterocycles. The highest BCUT2D eigenvalue weighted by atomic mass is 16.5. The molecule has 84 valence electrons. The van der Waals surface area contributed by atoms with Crippen molar-refractivity contribution in [1.82, 2.24) is 9.97 Å². The monoisotopic (exact) mass is 213 g/mol. The number of H-pyrrole nitrogens is 1. The predicted octanol–water partition coefficient (Wildman–Crippen LogP) is -0.231. The maximum atomic E-state index is 10.9. The number of aromatic nitrogens is 2. The van der Waals surface area contributed by atoms with Crippen molar-refractivity contribution in [2.75, 3.05) is 6.54 Å². The fraction of sp³-hybridized carbons (Fsp3) is 0.556. The summed E-state index contributed by atoms with van der Waals surface area (Å²) in [6.07, 6.45) is 2.22. The third-order valence-corrected chi connectivity index (χ3v) is 1.95. The molecule has 0 saturated carbocycles. The number of hydrogen-bond donors (Lipinski definition) is 3. The van der Waals surface area contributed by atoms with Crippen LogP contribution in [0.2, 0.25) is 0 Å². The number of nitrogens with zero attached hydrogens (tertiary/aromatic N) is 1. The van der Waals surface area contributed by atoms with Crippen LogP contribution in [0.1, 0.15) is 12.6 Å². The second-order valence-corrected chi connectivity index (χ2v) is 3.27. The van der Waals surface area contributed by atoms with Crippen LogP contribution in [0.15, 0.2) is 12.5 Å². The Labute approximate surface area is 87.5 Å². The minimum Gasteiger partial charge on any atom is -0.479 e. The van der Waals surface area contributed by atoms with E-state index in [9.17, 15) is 4.79 Å². The first-order valence-electron chi connectivity index (χ1n) is 4.69. The van der Waals surface area contributed by atoms with E-state index in [1.54, 1.807) is 13.1 Å². The average Bonchev–Trinajstić information content (AvgIpc) is 2.69. The summed E-state index contributed by atoms with van der Waals surface area (Å²) in [5.41, 5.74) is 6.01. The fourth-order valence-corrected chi connectivity index (χ4v) is 1.12. The largest absolute Gasteiger partial charge is 0.479 e. The second kappa shape index (κ2) is 5.47. The van der Waals surface area contributed by atoms with Crippen LogP contribution in [0.4, 0.5) is 0 Å². The van der Waals surface area contributed by atoms with Gasteiger partial charge in [-0.15, -0.1) is 0 Å². The van der Waals surface area contributed by atoms with Crippen LogP contribution in [0.25, 0.3) is 0 Å². The molecular weight excluding hydrogens is 198 g/mol. The van der Waals surface area contributed by atoms with E-state index in [0.717, 1.165) is 0 Å². The lowest BCUT2D eigenvalue weighted by molar-refractivity contribution is -0.153. The van der Waals surface area contributed by atoms with Crippen molar-refractivity contribution in [1.29, 1.82) is 0 Å². The number of carboxylic acids is 1. The molecule has 15 heavy (non-hydrogen) atoms. The van der Waals surface area contributed by atoms with Gasteiger partial charge in [-0.1, -0.05) is 0 Å². The topological polar surface area (TPSA) is 101 Å². The molecule has 0 saturated heterocycles. The van der Waals surface area contributed by atoms with Crippen LogP contribution in [0.5, 0.6) is 0 Å². The Morgan fingerprint density at radius 1 is 1.80 bits per heavy atom. The van der Waals surface area contributed by atoms with Crippen molar-refractivity contribution < 1.29 is 14.6 Å². The molecule has 0 bridgehead atoms. The SMILES string of the molecule is C[C@H](CN)O[C@H](Cc1c[nH]cn1)C(=O)O. The van der Waals surface area contributed by atoms with Gasteiger partial charge in [0.2, 0.25) is 0 Å². The van der Waals surface area contributed by atoms with Gasteiger partial charge in [0, 0.05) is 19.2 Å². The molecule has 0 fully saturated rings. The lowest BCUT2D eigenvalue weighted by Gasteiger charge is -2.17. The van der Waals surface area contributed by atoms with Crippen molar-refractivity contribution in [3.05, 3.63) is 18.2 Å². The van der Waals surface area contributed by atoms with Gasteiger partial charge in [0.25, 0.3) is 0 Å². The maximum Gasteiger partial charge on any atom is 0.333 e. The standard InChI is InChI=1S/C9H15N3O3/c1-6(3-10)15-8(9(13)14)2-7-4-11-5-12-7/h4-6,8H,2-3,10H2,1H3,(H,11,12)(H,13,14)/t6-,8-/m1/s1. The molecule has 0 spiro atoms. The third kappa shape index (κ3) is 3.69. The van der Waals surface area contributed by atoms with E-state index >= 15 is 0 Å². The Hall–Kier alpha value is -1.40. The number of aliphatic carboxylic acids is 1. The molecule has 1 aromatic rings. The van der Waals surface area contributed by atoms with Crippen molar-refractivity contribution >= 4 is 5.97 Å². The highest BCUT2D eigenvalue weighted by Crippen LogP contribution is 2.05. The summed E-state index contributed by atoms with van der Waals surface area (Å²) in [5, 5.41) is 8.91. The lowest BCUT2D eigenvalue weighted by atomic mass is 10.2. The molecule has 0 amide bonds. The van der Waals surface area contributed by atoms with E-state index in [1.807, 2.05) is 0 Å². The van der Waals surface area contributed by atoms with Crippen molar-refractivity contribution in [3.63, 3.8) is 0 Å². The van der Waals surface area contributed by atoms with E-state index in [4.69, 9.17) is 15.6 Å². The molecule has 0 aliphatic rings. The molecule has 6 nitrogen and oxygen atoms in total. The molecule has 0 unspecified atom stereocenters. The van der Waals surface area contributed by atoms with Crippen LogP contribution in [0, 0.1) is 0 Å². The fourth-order valence-electron chi connectivity index (χ4n) is 1.12. The summed E-state index contributed by atoms with van der Waals surface area (Å²) < 4.78 is 5.26. The van der Waals surface area contributed by atoms with Crippen LogP contribution < -0.4 is 5.73 Å². The highest BCUT2D eigenvalue weighted by molar-refractivity contribution is 5.72. The molecule has 2 atom stereocenters. The summed E-state index contributed by atoms with van der Waals surface area (Å²) in [6.45, 7) is 2.03. The molecule has 1 heterocycles. The summed E-state index contributed by atoms with van der Waals surface area (Å²) in [4.78, 5) is 17.6. The molecule has 0 aliphatic carbocycles. The Balaban J connectivity index is 2.55. The van der Waals surface area contributed by atoms with Crippen LogP contribution in [-0.2, 0) is 16.0 Å². The third-order valence-electron chi connectivity index (χ3n) is 1.95. The Morgan fingerprint density at radius 2 is 2.53 bits per heavy atom. The van der Waals surface area contributed by atoms with E-state index in [1.165, 1.54) is 6.33 Å². The van der Waals surface area contributed by atoms with Crippen molar-refractivity contribution in [3.8, 4) is 0 Å². The molecule has 0 radical (unpaired) electrons. The number of nitrogens with one attached hydrogen (secondary N) is 1. The summed E-state index contributed by atoms with van der Waals surface area (Å²) in [7, 11) is 0. The van der Waals surface area contributed by atoms with E-state index in [0.29, 0.717) is 12.2 Å². The van der Waals surface area contributed by atoms with Crippen LogP contribution in [0.3, 0.4) is 0 Å². The number of carboxylic acid groups (broad SMARTS) is 1. The number of rotatable bonds is 6. The summed E-state index contributed by atoms with van der Waals surface area (Å²) >= 11 is 0.